The normalized spacial score (nSPS) is 10.7. The summed E-state index contributed by atoms with van der Waals surface area (Å²) in [5.74, 6) is 1.50. The highest BCUT2D eigenvalue weighted by atomic mass is 35.5. The molecule has 0 radical (unpaired) electrons. The van der Waals surface area contributed by atoms with Crippen molar-refractivity contribution in [1.29, 1.82) is 0 Å². The summed E-state index contributed by atoms with van der Waals surface area (Å²) in [7, 11) is 0. The summed E-state index contributed by atoms with van der Waals surface area (Å²) >= 11 is 10.9. The Morgan fingerprint density at radius 1 is 1.05 bits per heavy atom. The SMILES string of the molecule is CC(C)c1ccc(OCCCCCOCC=C(Cl)Cl)cc1. The summed E-state index contributed by atoms with van der Waals surface area (Å²) in [5, 5.41) is 0. The third-order valence-corrected chi connectivity index (χ3v) is 3.41. The van der Waals surface area contributed by atoms with Gasteiger partial charge < -0.3 is 9.47 Å². The maximum Gasteiger partial charge on any atom is 0.119 e. The van der Waals surface area contributed by atoms with Crippen LogP contribution in [0.1, 0.15) is 44.6 Å². The molecule has 0 atom stereocenters. The summed E-state index contributed by atoms with van der Waals surface area (Å²) in [6.45, 7) is 6.32. The third-order valence-electron chi connectivity index (χ3n) is 3.10. The van der Waals surface area contributed by atoms with E-state index in [9.17, 15) is 0 Å². The lowest BCUT2D eigenvalue weighted by Crippen LogP contribution is -2.00. The fraction of sp³-hybridized carbons (Fsp3) is 0.529. The van der Waals surface area contributed by atoms with Gasteiger partial charge in [0.15, 0.2) is 0 Å². The van der Waals surface area contributed by atoms with Gasteiger partial charge in [-0.2, -0.15) is 0 Å². The topological polar surface area (TPSA) is 18.5 Å². The molecule has 0 aliphatic carbocycles. The highest BCUT2D eigenvalue weighted by molar-refractivity contribution is 6.55. The number of halogens is 2. The van der Waals surface area contributed by atoms with Gasteiger partial charge in [0, 0.05) is 6.61 Å². The molecule has 0 unspecified atom stereocenters. The molecule has 0 aliphatic rings. The van der Waals surface area contributed by atoms with Gasteiger partial charge in [-0.15, -0.1) is 0 Å². The zero-order chi connectivity index (χ0) is 15.5. The van der Waals surface area contributed by atoms with E-state index in [1.165, 1.54) is 5.56 Å². The van der Waals surface area contributed by atoms with Gasteiger partial charge in [0.25, 0.3) is 0 Å². The Kier molecular flexibility index (Phi) is 9.56. The average molecular weight is 331 g/mol. The van der Waals surface area contributed by atoms with E-state index in [0.717, 1.165) is 38.2 Å². The first-order valence-corrected chi connectivity index (χ1v) is 8.17. The fourth-order valence-corrected chi connectivity index (χ4v) is 1.95. The molecule has 0 amide bonds. The van der Waals surface area contributed by atoms with Crippen LogP contribution in [0.4, 0.5) is 0 Å². The van der Waals surface area contributed by atoms with Crippen LogP contribution >= 0.6 is 23.2 Å². The molecule has 0 aliphatic heterocycles. The first-order valence-electron chi connectivity index (χ1n) is 7.41. The Hall–Kier alpha value is -0.700. The van der Waals surface area contributed by atoms with E-state index in [1.807, 2.05) is 12.1 Å². The molecule has 1 aromatic carbocycles. The second-order valence-corrected chi connectivity index (χ2v) is 6.21. The van der Waals surface area contributed by atoms with Crippen LogP contribution < -0.4 is 4.74 Å². The highest BCUT2D eigenvalue weighted by Crippen LogP contribution is 2.18. The minimum absolute atomic E-state index is 0.256. The standard InChI is InChI=1S/C17H24Cl2O2/c1-14(2)15-6-8-16(9-7-15)21-12-5-3-4-11-20-13-10-17(18)19/h6-10,14H,3-5,11-13H2,1-2H3. The molecule has 0 aromatic heterocycles. The Morgan fingerprint density at radius 2 is 1.71 bits per heavy atom. The van der Waals surface area contributed by atoms with Crippen molar-refractivity contribution in [3.63, 3.8) is 0 Å². The number of ether oxygens (including phenoxy) is 2. The Morgan fingerprint density at radius 3 is 2.33 bits per heavy atom. The quantitative estimate of drug-likeness (QED) is 0.512. The molecule has 1 aromatic rings. The number of rotatable bonds is 10. The minimum atomic E-state index is 0.256. The van der Waals surface area contributed by atoms with Crippen LogP contribution in [-0.2, 0) is 4.74 Å². The lowest BCUT2D eigenvalue weighted by atomic mass is 10.0. The first kappa shape index (κ1) is 18.3. The van der Waals surface area contributed by atoms with Crippen LogP contribution in [-0.4, -0.2) is 19.8 Å². The number of benzene rings is 1. The molecule has 2 nitrogen and oxygen atoms in total. The fourth-order valence-electron chi connectivity index (χ4n) is 1.83. The first-order chi connectivity index (χ1) is 10.1. The molecule has 0 bridgehead atoms. The lowest BCUT2D eigenvalue weighted by molar-refractivity contribution is 0.155. The van der Waals surface area contributed by atoms with Gasteiger partial charge in [-0.3, -0.25) is 0 Å². The summed E-state index contributed by atoms with van der Waals surface area (Å²) in [5.41, 5.74) is 1.34. The van der Waals surface area contributed by atoms with E-state index in [2.05, 4.69) is 26.0 Å². The average Bonchev–Trinajstić information content (AvgIpc) is 2.45. The molecule has 118 valence electrons. The monoisotopic (exact) mass is 330 g/mol. The van der Waals surface area contributed by atoms with Crippen molar-refractivity contribution in [2.24, 2.45) is 0 Å². The maximum atomic E-state index is 5.71. The van der Waals surface area contributed by atoms with Crippen LogP contribution in [0.25, 0.3) is 0 Å². The van der Waals surface area contributed by atoms with Crippen molar-refractivity contribution < 1.29 is 9.47 Å². The summed E-state index contributed by atoms with van der Waals surface area (Å²) < 4.78 is 11.3. The van der Waals surface area contributed by atoms with Crippen molar-refractivity contribution >= 4 is 23.2 Å². The van der Waals surface area contributed by atoms with Crippen molar-refractivity contribution in [3.8, 4) is 5.75 Å². The minimum Gasteiger partial charge on any atom is -0.494 e. The Bertz CT molecular complexity index is 409. The van der Waals surface area contributed by atoms with E-state index in [-0.39, 0.29) is 4.49 Å². The number of unbranched alkanes of at least 4 members (excludes halogenated alkanes) is 2. The van der Waals surface area contributed by atoms with E-state index in [4.69, 9.17) is 32.7 Å². The van der Waals surface area contributed by atoms with Crippen LogP contribution in [0.2, 0.25) is 0 Å². The van der Waals surface area contributed by atoms with E-state index < -0.39 is 0 Å². The predicted octanol–water partition coefficient (Wildman–Crippen LogP) is 5.69. The van der Waals surface area contributed by atoms with Crippen LogP contribution in [0.15, 0.2) is 34.8 Å². The van der Waals surface area contributed by atoms with E-state index in [0.29, 0.717) is 12.5 Å². The molecule has 4 heteroatoms. The van der Waals surface area contributed by atoms with Gasteiger partial charge >= 0.3 is 0 Å². The molecule has 0 saturated heterocycles. The van der Waals surface area contributed by atoms with E-state index >= 15 is 0 Å². The lowest BCUT2D eigenvalue weighted by Gasteiger charge is -2.09. The molecule has 0 fully saturated rings. The third kappa shape index (κ3) is 9.02. The Labute approximate surface area is 138 Å². The maximum absolute atomic E-state index is 5.71. The van der Waals surface area contributed by atoms with Crippen LogP contribution in [0.5, 0.6) is 5.75 Å². The zero-order valence-corrected chi connectivity index (χ0v) is 14.3. The van der Waals surface area contributed by atoms with Crippen LogP contribution in [0, 0.1) is 0 Å². The predicted molar refractivity (Wildman–Crippen MR) is 90.5 cm³/mol. The number of hydrogen-bond acceptors (Lipinski definition) is 2. The van der Waals surface area contributed by atoms with E-state index in [1.54, 1.807) is 6.08 Å². The summed E-state index contributed by atoms with van der Waals surface area (Å²) in [6, 6.07) is 8.34. The van der Waals surface area contributed by atoms with Gasteiger partial charge in [0.1, 0.15) is 10.2 Å². The molecule has 1 rings (SSSR count). The molecule has 0 heterocycles. The van der Waals surface area contributed by atoms with Gasteiger partial charge in [-0.25, -0.2) is 0 Å². The zero-order valence-electron chi connectivity index (χ0n) is 12.8. The highest BCUT2D eigenvalue weighted by Gasteiger charge is 1.99. The van der Waals surface area contributed by atoms with Crippen molar-refractivity contribution in [2.45, 2.75) is 39.0 Å². The molecule has 21 heavy (non-hydrogen) atoms. The van der Waals surface area contributed by atoms with Crippen molar-refractivity contribution in [1.82, 2.24) is 0 Å². The van der Waals surface area contributed by atoms with Crippen molar-refractivity contribution in [2.75, 3.05) is 19.8 Å². The van der Waals surface area contributed by atoms with Crippen molar-refractivity contribution in [3.05, 3.63) is 40.4 Å². The largest absolute Gasteiger partial charge is 0.494 e. The molecular weight excluding hydrogens is 307 g/mol. The molecule has 0 N–H and O–H groups in total. The molecule has 0 saturated carbocycles. The summed E-state index contributed by atoms with van der Waals surface area (Å²) in [6.07, 6.45) is 4.78. The molecule has 0 spiro atoms. The van der Waals surface area contributed by atoms with Gasteiger partial charge in [0.05, 0.1) is 13.2 Å². The smallest absolute Gasteiger partial charge is 0.119 e. The Balaban J connectivity index is 2.02. The van der Waals surface area contributed by atoms with Gasteiger partial charge in [0.2, 0.25) is 0 Å². The van der Waals surface area contributed by atoms with Crippen LogP contribution in [0.3, 0.4) is 0 Å². The number of hydrogen-bond donors (Lipinski definition) is 0. The molecular formula is C17H24Cl2O2. The second-order valence-electron chi connectivity index (χ2n) is 5.20. The van der Waals surface area contributed by atoms with Gasteiger partial charge in [-0.05, 0) is 49.0 Å². The summed E-state index contributed by atoms with van der Waals surface area (Å²) in [4.78, 5) is 0. The van der Waals surface area contributed by atoms with Gasteiger partial charge in [-0.1, -0.05) is 49.2 Å². The second kappa shape index (κ2) is 10.9.